The third-order valence-electron chi connectivity index (χ3n) is 3.00. The van der Waals surface area contributed by atoms with Crippen LogP contribution in [0.3, 0.4) is 0 Å². The fourth-order valence-corrected chi connectivity index (χ4v) is 1.90. The lowest BCUT2D eigenvalue weighted by Crippen LogP contribution is -2.23. The SMILES string of the molecule is C=C(CC)CC(N)Cc1ccc(OC)c(OC)c1. The summed E-state index contributed by atoms with van der Waals surface area (Å²) in [5.74, 6) is 1.49. The molecule has 0 aromatic heterocycles. The Kier molecular flexibility index (Phi) is 5.72. The Bertz CT molecular complexity index is 401. The summed E-state index contributed by atoms with van der Waals surface area (Å²) >= 11 is 0. The first-order chi connectivity index (χ1) is 8.60. The molecule has 0 aliphatic rings. The minimum absolute atomic E-state index is 0.107. The molecule has 1 atom stereocenters. The van der Waals surface area contributed by atoms with Crippen molar-refractivity contribution in [2.24, 2.45) is 5.73 Å². The monoisotopic (exact) mass is 249 g/mol. The van der Waals surface area contributed by atoms with Crippen LogP contribution >= 0.6 is 0 Å². The van der Waals surface area contributed by atoms with Crippen molar-refractivity contribution < 1.29 is 9.47 Å². The molecular weight excluding hydrogens is 226 g/mol. The van der Waals surface area contributed by atoms with Gasteiger partial charge in [-0.25, -0.2) is 0 Å². The van der Waals surface area contributed by atoms with Gasteiger partial charge in [-0.05, 0) is 37.0 Å². The van der Waals surface area contributed by atoms with E-state index < -0.39 is 0 Å². The maximum atomic E-state index is 6.11. The van der Waals surface area contributed by atoms with Crippen LogP contribution in [-0.4, -0.2) is 20.3 Å². The summed E-state index contributed by atoms with van der Waals surface area (Å²) in [5.41, 5.74) is 8.47. The molecule has 0 amide bonds. The van der Waals surface area contributed by atoms with E-state index in [4.69, 9.17) is 15.2 Å². The maximum absolute atomic E-state index is 6.11. The molecule has 1 aromatic rings. The highest BCUT2D eigenvalue weighted by atomic mass is 16.5. The largest absolute Gasteiger partial charge is 0.493 e. The van der Waals surface area contributed by atoms with Gasteiger partial charge in [-0.3, -0.25) is 0 Å². The molecule has 18 heavy (non-hydrogen) atoms. The van der Waals surface area contributed by atoms with Gasteiger partial charge >= 0.3 is 0 Å². The van der Waals surface area contributed by atoms with Crippen molar-refractivity contribution in [3.63, 3.8) is 0 Å². The maximum Gasteiger partial charge on any atom is 0.160 e. The smallest absolute Gasteiger partial charge is 0.160 e. The third-order valence-corrected chi connectivity index (χ3v) is 3.00. The van der Waals surface area contributed by atoms with Gasteiger partial charge in [0.25, 0.3) is 0 Å². The number of hydrogen-bond donors (Lipinski definition) is 1. The molecule has 100 valence electrons. The molecule has 1 unspecified atom stereocenters. The molecule has 0 bridgehead atoms. The van der Waals surface area contributed by atoms with E-state index in [0.717, 1.165) is 36.3 Å². The minimum atomic E-state index is 0.107. The second-order valence-corrected chi connectivity index (χ2v) is 4.46. The first-order valence-electron chi connectivity index (χ1n) is 6.23. The van der Waals surface area contributed by atoms with Crippen molar-refractivity contribution in [3.8, 4) is 11.5 Å². The summed E-state index contributed by atoms with van der Waals surface area (Å²) in [6.45, 7) is 6.09. The van der Waals surface area contributed by atoms with E-state index in [-0.39, 0.29) is 6.04 Å². The molecule has 0 heterocycles. The molecule has 0 saturated carbocycles. The predicted octanol–water partition coefficient (Wildman–Crippen LogP) is 2.93. The van der Waals surface area contributed by atoms with Gasteiger partial charge in [0.1, 0.15) is 0 Å². The highest BCUT2D eigenvalue weighted by molar-refractivity contribution is 5.43. The van der Waals surface area contributed by atoms with E-state index in [2.05, 4.69) is 13.5 Å². The number of nitrogens with two attached hydrogens (primary N) is 1. The van der Waals surface area contributed by atoms with Crippen LogP contribution in [0.25, 0.3) is 0 Å². The topological polar surface area (TPSA) is 44.5 Å². The zero-order valence-corrected chi connectivity index (χ0v) is 11.5. The van der Waals surface area contributed by atoms with Gasteiger partial charge in [-0.2, -0.15) is 0 Å². The molecule has 0 aliphatic heterocycles. The lowest BCUT2D eigenvalue weighted by atomic mass is 9.99. The number of hydrogen-bond acceptors (Lipinski definition) is 3. The fraction of sp³-hybridized carbons (Fsp3) is 0.467. The Morgan fingerprint density at radius 1 is 1.28 bits per heavy atom. The molecule has 0 saturated heterocycles. The lowest BCUT2D eigenvalue weighted by Gasteiger charge is -2.14. The van der Waals surface area contributed by atoms with Gasteiger partial charge in [-0.15, -0.1) is 0 Å². The van der Waals surface area contributed by atoms with Crippen LogP contribution in [0.15, 0.2) is 30.4 Å². The molecule has 2 N–H and O–H groups in total. The summed E-state index contributed by atoms with van der Waals surface area (Å²) in [6, 6.07) is 6.02. The molecule has 0 fully saturated rings. The highest BCUT2D eigenvalue weighted by Gasteiger charge is 2.09. The molecule has 0 aliphatic carbocycles. The Morgan fingerprint density at radius 3 is 2.50 bits per heavy atom. The predicted molar refractivity (Wildman–Crippen MR) is 75.3 cm³/mol. The zero-order valence-electron chi connectivity index (χ0n) is 11.5. The van der Waals surface area contributed by atoms with Crippen LogP contribution < -0.4 is 15.2 Å². The summed E-state index contributed by atoms with van der Waals surface area (Å²) < 4.78 is 10.5. The average molecular weight is 249 g/mol. The minimum Gasteiger partial charge on any atom is -0.493 e. The summed E-state index contributed by atoms with van der Waals surface area (Å²) in [6.07, 6.45) is 2.67. The number of ether oxygens (including phenoxy) is 2. The van der Waals surface area contributed by atoms with Crippen molar-refractivity contribution in [1.29, 1.82) is 0 Å². The first-order valence-corrected chi connectivity index (χ1v) is 6.23. The van der Waals surface area contributed by atoms with Crippen molar-refractivity contribution in [3.05, 3.63) is 35.9 Å². The molecule has 0 spiro atoms. The Morgan fingerprint density at radius 2 is 1.94 bits per heavy atom. The Balaban J connectivity index is 2.70. The third kappa shape index (κ3) is 4.08. The second kappa shape index (κ2) is 7.07. The molecule has 3 nitrogen and oxygen atoms in total. The first kappa shape index (κ1) is 14.6. The van der Waals surface area contributed by atoms with E-state index in [1.807, 2.05) is 18.2 Å². The molecule has 1 rings (SSSR count). The summed E-state index contributed by atoms with van der Waals surface area (Å²) in [5, 5.41) is 0. The van der Waals surface area contributed by atoms with Crippen LogP contribution in [0.1, 0.15) is 25.3 Å². The molecule has 0 radical (unpaired) electrons. The van der Waals surface area contributed by atoms with E-state index in [0.29, 0.717) is 0 Å². The standard InChI is InChI=1S/C15H23NO2/c1-5-11(2)8-13(16)9-12-6-7-14(17-3)15(10-12)18-4/h6-7,10,13H,2,5,8-9,16H2,1,3-4H3. The van der Waals surface area contributed by atoms with E-state index in [1.165, 1.54) is 5.57 Å². The fourth-order valence-electron chi connectivity index (χ4n) is 1.90. The second-order valence-electron chi connectivity index (χ2n) is 4.46. The number of methoxy groups -OCH3 is 2. The number of rotatable bonds is 7. The highest BCUT2D eigenvalue weighted by Crippen LogP contribution is 2.28. The van der Waals surface area contributed by atoms with Crippen LogP contribution in [-0.2, 0) is 6.42 Å². The van der Waals surface area contributed by atoms with Gasteiger partial charge in [0.15, 0.2) is 11.5 Å². The van der Waals surface area contributed by atoms with Crippen molar-refractivity contribution in [2.45, 2.75) is 32.2 Å². The zero-order chi connectivity index (χ0) is 13.5. The van der Waals surface area contributed by atoms with Crippen molar-refractivity contribution in [2.75, 3.05) is 14.2 Å². The van der Waals surface area contributed by atoms with Crippen LogP contribution in [0, 0.1) is 0 Å². The molecule has 3 heteroatoms. The van der Waals surface area contributed by atoms with E-state index in [9.17, 15) is 0 Å². The van der Waals surface area contributed by atoms with Gasteiger partial charge in [0, 0.05) is 6.04 Å². The molecule has 1 aromatic carbocycles. The summed E-state index contributed by atoms with van der Waals surface area (Å²) in [4.78, 5) is 0. The van der Waals surface area contributed by atoms with Crippen LogP contribution in [0.4, 0.5) is 0 Å². The van der Waals surface area contributed by atoms with Gasteiger partial charge in [0.05, 0.1) is 14.2 Å². The van der Waals surface area contributed by atoms with Gasteiger partial charge in [0.2, 0.25) is 0 Å². The normalized spacial score (nSPS) is 12.0. The Hall–Kier alpha value is -1.48. The van der Waals surface area contributed by atoms with E-state index >= 15 is 0 Å². The number of benzene rings is 1. The van der Waals surface area contributed by atoms with Gasteiger partial charge < -0.3 is 15.2 Å². The van der Waals surface area contributed by atoms with Gasteiger partial charge in [-0.1, -0.05) is 25.1 Å². The summed E-state index contributed by atoms with van der Waals surface area (Å²) in [7, 11) is 3.27. The van der Waals surface area contributed by atoms with Crippen molar-refractivity contribution in [1.82, 2.24) is 0 Å². The lowest BCUT2D eigenvalue weighted by molar-refractivity contribution is 0.354. The van der Waals surface area contributed by atoms with Crippen LogP contribution in [0.2, 0.25) is 0 Å². The average Bonchev–Trinajstić information content (AvgIpc) is 2.38. The quantitative estimate of drug-likeness (QED) is 0.756. The van der Waals surface area contributed by atoms with Crippen molar-refractivity contribution >= 4 is 0 Å². The Labute approximate surface area is 110 Å². The van der Waals surface area contributed by atoms with E-state index in [1.54, 1.807) is 14.2 Å². The molecular formula is C15H23NO2. The van der Waals surface area contributed by atoms with Crippen LogP contribution in [0.5, 0.6) is 11.5 Å².